The van der Waals surface area contributed by atoms with E-state index in [2.05, 4.69) is 5.32 Å². The van der Waals surface area contributed by atoms with E-state index in [1.165, 1.54) is 12.1 Å². The number of halogens is 1. The number of carbonyl (C=O) groups excluding carboxylic acids is 1. The second kappa shape index (κ2) is 7.10. The third kappa shape index (κ3) is 4.83. The van der Waals surface area contributed by atoms with Gasteiger partial charge in [0.25, 0.3) is 0 Å². The van der Waals surface area contributed by atoms with Crippen molar-refractivity contribution in [3.8, 4) is 0 Å². The van der Waals surface area contributed by atoms with E-state index < -0.39 is 22.5 Å². The lowest BCUT2D eigenvalue weighted by molar-refractivity contribution is -0.113. The van der Waals surface area contributed by atoms with Crippen LogP contribution in [0.1, 0.15) is 19.8 Å². The van der Waals surface area contributed by atoms with Crippen LogP contribution < -0.4 is 11.1 Å². The number of anilines is 2. The van der Waals surface area contributed by atoms with Crippen molar-refractivity contribution >= 4 is 28.1 Å². The van der Waals surface area contributed by atoms with Crippen LogP contribution in [-0.4, -0.2) is 21.6 Å². The maximum atomic E-state index is 13.0. The first kappa shape index (κ1) is 14.6. The summed E-state index contributed by atoms with van der Waals surface area (Å²) in [5.41, 5.74) is 6.09. The quantitative estimate of drug-likeness (QED) is 0.777. The Morgan fingerprint density at radius 3 is 2.89 bits per heavy atom. The van der Waals surface area contributed by atoms with Crippen molar-refractivity contribution < 1.29 is 13.4 Å². The van der Waals surface area contributed by atoms with Crippen LogP contribution in [0, 0.1) is 5.82 Å². The van der Waals surface area contributed by atoms with Gasteiger partial charge in [0.05, 0.1) is 11.4 Å². The molecule has 1 amide bonds. The van der Waals surface area contributed by atoms with Gasteiger partial charge in [0.2, 0.25) is 5.91 Å². The molecule has 1 unspecified atom stereocenters. The smallest absolute Gasteiger partial charge is 0.237 e. The van der Waals surface area contributed by atoms with Gasteiger partial charge >= 0.3 is 0 Å². The number of carbonyl (C=O) groups is 1. The zero-order valence-electron chi connectivity index (χ0n) is 10.2. The Balaban J connectivity index is 2.54. The molecule has 1 aromatic rings. The topological polar surface area (TPSA) is 72.2 Å². The van der Waals surface area contributed by atoms with Crippen LogP contribution >= 0.6 is 0 Å². The van der Waals surface area contributed by atoms with Crippen LogP contribution in [0.5, 0.6) is 0 Å². The maximum Gasteiger partial charge on any atom is 0.237 e. The predicted molar refractivity (Wildman–Crippen MR) is 72.2 cm³/mol. The third-order valence-corrected chi connectivity index (χ3v) is 3.64. The van der Waals surface area contributed by atoms with Gasteiger partial charge in [-0.1, -0.05) is 13.3 Å². The molecule has 0 fully saturated rings. The number of benzene rings is 1. The number of nitrogens with two attached hydrogens (primary N) is 1. The van der Waals surface area contributed by atoms with E-state index in [9.17, 15) is 13.4 Å². The lowest BCUT2D eigenvalue weighted by atomic mass is 10.2. The van der Waals surface area contributed by atoms with Crippen molar-refractivity contribution in [1.82, 2.24) is 0 Å². The van der Waals surface area contributed by atoms with Crippen LogP contribution in [0.4, 0.5) is 15.8 Å². The molecule has 0 aliphatic carbocycles. The molecule has 18 heavy (non-hydrogen) atoms. The molecular weight excluding hydrogens is 255 g/mol. The van der Waals surface area contributed by atoms with Crippen LogP contribution in [0.25, 0.3) is 0 Å². The van der Waals surface area contributed by atoms with E-state index in [-0.39, 0.29) is 17.1 Å². The van der Waals surface area contributed by atoms with Gasteiger partial charge in [-0.05, 0) is 24.6 Å². The molecule has 100 valence electrons. The van der Waals surface area contributed by atoms with Gasteiger partial charge in [-0.2, -0.15) is 0 Å². The van der Waals surface area contributed by atoms with Gasteiger partial charge in [-0.3, -0.25) is 9.00 Å². The Morgan fingerprint density at radius 1 is 1.50 bits per heavy atom. The first-order valence-electron chi connectivity index (χ1n) is 5.72. The predicted octanol–water partition coefficient (Wildman–Crippen LogP) is 1.90. The van der Waals surface area contributed by atoms with Crippen molar-refractivity contribution in [3.05, 3.63) is 24.0 Å². The second-order valence-electron chi connectivity index (χ2n) is 3.92. The summed E-state index contributed by atoms with van der Waals surface area (Å²) in [4.78, 5) is 11.6. The summed E-state index contributed by atoms with van der Waals surface area (Å²) < 4.78 is 24.5. The number of nitrogen functional groups attached to an aromatic ring is 1. The SMILES string of the molecule is CCCCS(=O)CC(=O)Nc1cc(F)ccc1N. The minimum atomic E-state index is -1.18. The zero-order chi connectivity index (χ0) is 13.5. The molecule has 6 heteroatoms. The summed E-state index contributed by atoms with van der Waals surface area (Å²) in [6.45, 7) is 1.99. The monoisotopic (exact) mass is 272 g/mol. The fraction of sp³-hybridized carbons (Fsp3) is 0.417. The summed E-state index contributed by atoms with van der Waals surface area (Å²) in [6, 6.07) is 3.73. The summed E-state index contributed by atoms with van der Waals surface area (Å²) in [5, 5.41) is 2.46. The third-order valence-electron chi connectivity index (χ3n) is 2.31. The number of rotatable bonds is 6. The summed E-state index contributed by atoms with van der Waals surface area (Å²) in [6.07, 6.45) is 1.76. The van der Waals surface area contributed by atoms with E-state index in [4.69, 9.17) is 5.73 Å². The Labute approximate surface area is 108 Å². The minimum Gasteiger partial charge on any atom is -0.397 e. The van der Waals surface area contributed by atoms with Gasteiger partial charge in [-0.25, -0.2) is 4.39 Å². The minimum absolute atomic E-state index is 0.0873. The van der Waals surface area contributed by atoms with Crippen molar-refractivity contribution in [2.45, 2.75) is 19.8 Å². The number of nitrogens with one attached hydrogen (secondary N) is 1. The molecule has 0 saturated carbocycles. The average molecular weight is 272 g/mol. The van der Waals surface area contributed by atoms with Gasteiger partial charge in [0, 0.05) is 16.6 Å². The highest BCUT2D eigenvalue weighted by molar-refractivity contribution is 7.85. The Hall–Kier alpha value is -1.43. The van der Waals surface area contributed by atoms with Gasteiger partial charge < -0.3 is 11.1 Å². The number of amides is 1. The van der Waals surface area contributed by atoms with Crippen molar-refractivity contribution in [1.29, 1.82) is 0 Å². The van der Waals surface area contributed by atoms with Crippen molar-refractivity contribution in [3.63, 3.8) is 0 Å². The van der Waals surface area contributed by atoms with Crippen LogP contribution in [0.2, 0.25) is 0 Å². The average Bonchev–Trinajstić information content (AvgIpc) is 2.31. The van der Waals surface area contributed by atoms with Gasteiger partial charge in [0.15, 0.2) is 0 Å². The second-order valence-corrected chi connectivity index (χ2v) is 5.50. The molecule has 4 nitrogen and oxygen atoms in total. The van der Waals surface area contributed by atoms with E-state index >= 15 is 0 Å². The molecule has 0 heterocycles. The molecule has 0 aliphatic rings. The Bertz CT molecular complexity index is 452. The van der Waals surface area contributed by atoms with Gasteiger partial charge in [0.1, 0.15) is 11.6 Å². The van der Waals surface area contributed by atoms with Crippen molar-refractivity contribution in [2.24, 2.45) is 0 Å². The molecular formula is C12H17FN2O2S. The Kier molecular flexibility index (Phi) is 5.77. The van der Waals surface area contributed by atoms with Gasteiger partial charge in [-0.15, -0.1) is 0 Å². The zero-order valence-corrected chi connectivity index (χ0v) is 11.1. The van der Waals surface area contributed by atoms with Crippen molar-refractivity contribution in [2.75, 3.05) is 22.6 Å². The molecule has 0 radical (unpaired) electrons. The van der Waals surface area contributed by atoms with E-state index in [1.54, 1.807) is 0 Å². The molecule has 0 aromatic heterocycles. The van der Waals surface area contributed by atoms with Crippen LogP contribution in [0.15, 0.2) is 18.2 Å². The number of unbranched alkanes of at least 4 members (excludes halogenated alkanes) is 1. The Morgan fingerprint density at radius 2 is 2.22 bits per heavy atom. The van der Waals surface area contributed by atoms with E-state index in [0.29, 0.717) is 5.75 Å². The summed E-state index contributed by atoms with van der Waals surface area (Å²) >= 11 is 0. The number of hydrogen-bond acceptors (Lipinski definition) is 3. The molecule has 1 rings (SSSR count). The molecule has 1 aromatic carbocycles. The highest BCUT2D eigenvalue weighted by atomic mass is 32.2. The fourth-order valence-corrected chi connectivity index (χ4v) is 2.47. The normalized spacial score (nSPS) is 12.1. The van der Waals surface area contributed by atoms with Crippen LogP contribution in [0.3, 0.4) is 0 Å². The molecule has 1 atom stereocenters. The molecule has 0 spiro atoms. The standard InChI is InChI=1S/C12H17FN2O2S/c1-2-3-6-18(17)8-12(16)15-11-7-9(13)4-5-10(11)14/h4-5,7H,2-3,6,8,14H2,1H3,(H,15,16). The lowest BCUT2D eigenvalue weighted by Gasteiger charge is -2.08. The first-order chi connectivity index (χ1) is 8.52. The summed E-state index contributed by atoms with van der Waals surface area (Å²) in [7, 11) is -1.18. The maximum absolute atomic E-state index is 13.0. The van der Waals surface area contributed by atoms with E-state index in [0.717, 1.165) is 18.9 Å². The highest BCUT2D eigenvalue weighted by Gasteiger charge is 2.10. The number of hydrogen-bond donors (Lipinski definition) is 2. The van der Waals surface area contributed by atoms with E-state index in [1.807, 2.05) is 6.92 Å². The lowest BCUT2D eigenvalue weighted by Crippen LogP contribution is -2.21. The molecule has 3 N–H and O–H groups in total. The highest BCUT2D eigenvalue weighted by Crippen LogP contribution is 2.18. The first-order valence-corrected chi connectivity index (χ1v) is 7.21. The molecule has 0 bridgehead atoms. The summed E-state index contributed by atoms with van der Waals surface area (Å²) in [5.74, 6) is -0.480. The van der Waals surface area contributed by atoms with Crippen LogP contribution in [-0.2, 0) is 15.6 Å². The molecule has 0 saturated heterocycles. The largest absolute Gasteiger partial charge is 0.397 e. The molecule has 0 aliphatic heterocycles. The fourth-order valence-electron chi connectivity index (χ4n) is 1.35.